The fraction of sp³-hybridized carbons (Fsp3) is 0.417. The Morgan fingerprint density at radius 3 is 2.57 bits per heavy atom. The standard InChI is InChI=1S/C12H14ClO/c1-10(4-2-3-9-14)11-5-7-12(13)8-6-11/h5-8,10H,2-4H2,1H3. The summed E-state index contributed by atoms with van der Waals surface area (Å²) in [4.78, 5) is 10.0. The lowest BCUT2D eigenvalue weighted by Crippen LogP contribution is -1.93. The Labute approximate surface area is 90.1 Å². The Morgan fingerprint density at radius 1 is 1.36 bits per heavy atom. The van der Waals surface area contributed by atoms with Crippen LogP contribution in [0.3, 0.4) is 0 Å². The molecule has 0 aromatic heterocycles. The highest BCUT2D eigenvalue weighted by Crippen LogP contribution is 2.22. The Kier molecular flexibility index (Phi) is 4.68. The van der Waals surface area contributed by atoms with Crippen molar-refractivity contribution in [3.63, 3.8) is 0 Å². The summed E-state index contributed by atoms with van der Waals surface area (Å²) in [5.74, 6) is 0.487. The van der Waals surface area contributed by atoms with Gasteiger partial charge in [0.2, 0.25) is 0 Å². The maximum absolute atomic E-state index is 10.0. The Morgan fingerprint density at radius 2 is 2.00 bits per heavy atom. The minimum atomic E-state index is 0.487. The van der Waals surface area contributed by atoms with Gasteiger partial charge in [0.05, 0.1) is 0 Å². The average molecular weight is 210 g/mol. The van der Waals surface area contributed by atoms with Crippen LogP contribution in [-0.2, 0) is 4.79 Å². The molecule has 0 amide bonds. The summed E-state index contributed by atoms with van der Waals surface area (Å²) < 4.78 is 0. The number of halogens is 1. The van der Waals surface area contributed by atoms with Gasteiger partial charge >= 0.3 is 0 Å². The largest absolute Gasteiger partial charge is 0.291 e. The lowest BCUT2D eigenvalue weighted by molar-refractivity contribution is 0.542. The van der Waals surface area contributed by atoms with Gasteiger partial charge in [-0.05, 0) is 36.5 Å². The van der Waals surface area contributed by atoms with Crippen LogP contribution in [0.1, 0.15) is 37.7 Å². The van der Waals surface area contributed by atoms with Crippen LogP contribution < -0.4 is 0 Å². The number of hydrogen-bond donors (Lipinski definition) is 0. The van der Waals surface area contributed by atoms with Gasteiger partial charge in [-0.25, -0.2) is 0 Å². The second-order valence-corrected chi connectivity index (χ2v) is 3.93. The van der Waals surface area contributed by atoms with Gasteiger partial charge < -0.3 is 0 Å². The molecule has 0 aliphatic heterocycles. The number of hydrogen-bond acceptors (Lipinski definition) is 1. The van der Waals surface area contributed by atoms with Crippen molar-refractivity contribution in [2.24, 2.45) is 0 Å². The maximum Gasteiger partial charge on any atom is 0.198 e. The summed E-state index contributed by atoms with van der Waals surface area (Å²) in [6.45, 7) is 2.16. The first-order valence-corrected chi connectivity index (χ1v) is 5.22. The van der Waals surface area contributed by atoms with Gasteiger partial charge in [-0.3, -0.25) is 4.79 Å². The summed E-state index contributed by atoms with van der Waals surface area (Å²) in [7, 11) is 0. The van der Waals surface area contributed by atoms with Crippen LogP contribution in [0.5, 0.6) is 0 Å². The minimum Gasteiger partial charge on any atom is -0.291 e. The second-order valence-electron chi connectivity index (χ2n) is 3.49. The van der Waals surface area contributed by atoms with E-state index in [1.807, 2.05) is 30.6 Å². The van der Waals surface area contributed by atoms with E-state index in [1.54, 1.807) is 0 Å². The van der Waals surface area contributed by atoms with Gasteiger partial charge in [-0.2, -0.15) is 0 Å². The van der Waals surface area contributed by atoms with Gasteiger partial charge in [0.25, 0.3) is 0 Å². The van der Waals surface area contributed by atoms with Gasteiger partial charge in [0, 0.05) is 11.4 Å². The topological polar surface area (TPSA) is 17.1 Å². The predicted molar refractivity (Wildman–Crippen MR) is 59.4 cm³/mol. The van der Waals surface area contributed by atoms with Crippen molar-refractivity contribution in [1.29, 1.82) is 0 Å². The molecule has 1 aromatic carbocycles. The molecule has 1 atom stereocenters. The zero-order valence-electron chi connectivity index (χ0n) is 8.29. The quantitative estimate of drug-likeness (QED) is 0.676. The maximum atomic E-state index is 10.0. The fourth-order valence-electron chi connectivity index (χ4n) is 1.44. The second kappa shape index (κ2) is 5.82. The zero-order valence-corrected chi connectivity index (χ0v) is 9.05. The Balaban J connectivity index is 2.47. The van der Waals surface area contributed by atoms with Crippen LogP contribution in [0.2, 0.25) is 5.02 Å². The van der Waals surface area contributed by atoms with E-state index >= 15 is 0 Å². The molecule has 1 nitrogen and oxygen atoms in total. The average Bonchev–Trinajstić information content (AvgIpc) is 2.19. The van der Waals surface area contributed by atoms with Crippen LogP contribution >= 0.6 is 11.6 Å². The summed E-state index contributed by atoms with van der Waals surface area (Å²) >= 11 is 5.79. The Hall–Kier alpha value is -0.820. The normalized spacial score (nSPS) is 12.4. The lowest BCUT2D eigenvalue weighted by atomic mass is 9.96. The molecule has 0 spiro atoms. The molecule has 0 bridgehead atoms. The molecule has 0 saturated carbocycles. The molecule has 1 rings (SSSR count). The first kappa shape index (κ1) is 11.3. The highest BCUT2D eigenvalue weighted by molar-refractivity contribution is 6.30. The van der Waals surface area contributed by atoms with Gasteiger partial charge in [0.15, 0.2) is 6.29 Å². The number of benzene rings is 1. The van der Waals surface area contributed by atoms with E-state index < -0.39 is 0 Å². The van der Waals surface area contributed by atoms with E-state index in [9.17, 15) is 4.79 Å². The summed E-state index contributed by atoms with van der Waals surface area (Å²) in [6, 6.07) is 7.88. The zero-order chi connectivity index (χ0) is 10.4. The molecule has 1 radical (unpaired) electrons. The smallest absolute Gasteiger partial charge is 0.198 e. The van der Waals surface area contributed by atoms with E-state index in [0.29, 0.717) is 12.3 Å². The molecular formula is C12H14ClO. The highest BCUT2D eigenvalue weighted by Gasteiger charge is 2.04. The monoisotopic (exact) mass is 209 g/mol. The Bertz CT molecular complexity index is 279. The molecule has 0 saturated heterocycles. The lowest BCUT2D eigenvalue weighted by Gasteiger charge is -2.10. The minimum absolute atomic E-state index is 0.487. The molecule has 0 N–H and O–H groups in total. The van der Waals surface area contributed by atoms with E-state index in [0.717, 1.165) is 17.9 Å². The van der Waals surface area contributed by atoms with Crippen LogP contribution in [0.15, 0.2) is 24.3 Å². The molecule has 2 heteroatoms. The van der Waals surface area contributed by atoms with Crippen molar-refractivity contribution >= 4 is 17.9 Å². The SMILES string of the molecule is CC(CCC[C]=O)c1ccc(Cl)cc1. The first-order valence-electron chi connectivity index (χ1n) is 4.84. The van der Waals surface area contributed by atoms with Gasteiger partial charge in [-0.15, -0.1) is 0 Å². The van der Waals surface area contributed by atoms with E-state index in [2.05, 4.69) is 6.92 Å². The third-order valence-corrected chi connectivity index (χ3v) is 2.61. The third-order valence-electron chi connectivity index (χ3n) is 2.36. The molecule has 75 valence electrons. The van der Waals surface area contributed by atoms with Gasteiger partial charge in [0.1, 0.15) is 0 Å². The van der Waals surface area contributed by atoms with Gasteiger partial charge in [-0.1, -0.05) is 30.7 Å². The first-order chi connectivity index (χ1) is 6.74. The highest BCUT2D eigenvalue weighted by atomic mass is 35.5. The van der Waals surface area contributed by atoms with Crippen LogP contribution in [-0.4, -0.2) is 6.29 Å². The molecular weight excluding hydrogens is 196 g/mol. The number of unbranched alkanes of at least 4 members (excludes halogenated alkanes) is 1. The van der Waals surface area contributed by atoms with Crippen LogP contribution in [0.4, 0.5) is 0 Å². The van der Waals surface area contributed by atoms with Crippen LogP contribution in [0, 0.1) is 0 Å². The van der Waals surface area contributed by atoms with Crippen LogP contribution in [0.25, 0.3) is 0 Å². The fourth-order valence-corrected chi connectivity index (χ4v) is 1.56. The molecule has 0 aliphatic carbocycles. The van der Waals surface area contributed by atoms with E-state index in [4.69, 9.17) is 11.6 Å². The summed E-state index contributed by atoms with van der Waals surface area (Å²) in [5, 5.41) is 0.766. The van der Waals surface area contributed by atoms with Crippen molar-refractivity contribution in [3.05, 3.63) is 34.9 Å². The van der Waals surface area contributed by atoms with Crippen molar-refractivity contribution < 1.29 is 4.79 Å². The van der Waals surface area contributed by atoms with Crippen molar-refractivity contribution in [1.82, 2.24) is 0 Å². The van der Waals surface area contributed by atoms with Crippen molar-refractivity contribution in [3.8, 4) is 0 Å². The predicted octanol–water partition coefficient (Wildman–Crippen LogP) is 3.72. The van der Waals surface area contributed by atoms with Crippen molar-refractivity contribution in [2.75, 3.05) is 0 Å². The molecule has 0 heterocycles. The van der Waals surface area contributed by atoms with E-state index in [1.165, 1.54) is 5.56 Å². The summed E-state index contributed by atoms with van der Waals surface area (Å²) in [6.07, 6.45) is 4.39. The van der Waals surface area contributed by atoms with E-state index in [-0.39, 0.29) is 0 Å². The molecule has 1 aromatic rings. The molecule has 1 unspecified atom stereocenters. The molecule has 14 heavy (non-hydrogen) atoms. The molecule has 0 aliphatic rings. The summed E-state index contributed by atoms with van der Waals surface area (Å²) in [5.41, 5.74) is 1.28. The van der Waals surface area contributed by atoms with Crippen molar-refractivity contribution in [2.45, 2.75) is 32.1 Å². The third kappa shape index (κ3) is 3.51. The number of rotatable bonds is 5. The number of carbonyl (C=O) groups excluding carboxylic acids is 1. The molecule has 0 fully saturated rings.